The van der Waals surface area contributed by atoms with Gasteiger partial charge in [0.25, 0.3) is 0 Å². The number of allylic oxidation sites excluding steroid dienone is 3. The Morgan fingerprint density at radius 3 is 2.33 bits per heavy atom. The van der Waals surface area contributed by atoms with Crippen molar-refractivity contribution in [1.82, 2.24) is 0 Å². The minimum absolute atomic E-state index is 0.0801. The summed E-state index contributed by atoms with van der Waals surface area (Å²) in [5.41, 5.74) is 1.16. The first-order valence-electron chi connectivity index (χ1n) is 10.3. The molecule has 0 saturated carbocycles. The van der Waals surface area contributed by atoms with Crippen molar-refractivity contribution >= 4 is 0 Å². The van der Waals surface area contributed by atoms with E-state index in [0.29, 0.717) is 5.56 Å². The number of phenolic OH excluding ortho intramolecular Hbond substituents is 2. The summed E-state index contributed by atoms with van der Waals surface area (Å²) in [6, 6.07) is 9.19. The predicted octanol–water partition coefficient (Wildman–Crippen LogP) is 1.16. The van der Waals surface area contributed by atoms with Crippen LogP contribution < -0.4 is 9.47 Å². The summed E-state index contributed by atoms with van der Waals surface area (Å²) >= 11 is 0. The van der Waals surface area contributed by atoms with E-state index < -0.39 is 43.2 Å². The highest BCUT2D eigenvalue weighted by Crippen LogP contribution is 2.43. The van der Waals surface area contributed by atoms with Gasteiger partial charge in [-0.2, -0.15) is 0 Å². The fourth-order valence-electron chi connectivity index (χ4n) is 3.66. The molecule has 1 heterocycles. The number of rotatable bonds is 8. The average molecular weight is 460 g/mol. The Bertz CT molecular complexity index is 971. The van der Waals surface area contributed by atoms with E-state index in [4.69, 9.17) is 14.2 Å². The minimum atomic E-state index is -1.63. The van der Waals surface area contributed by atoms with Crippen LogP contribution >= 0.6 is 0 Å². The molecule has 1 aliphatic rings. The molecule has 2 aromatic rings. The molecule has 178 valence electrons. The molecule has 33 heavy (non-hydrogen) atoms. The van der Waals surface area contributed by atoms with Crippen molar-refractivity contribution in [2.75, 3.05) is 13.7 Å². The summed E-state index contributed by atoms with van der Waals surface area (Å²) < 4.78 is 16.8. The highest BCUT2D eigenvalue weighted by atomic mass is 16.7. The summed E-state index contributed by atoms with van der Waals surface area (Å²) in [5, 5.41) is 60.1. The van der Waals surface area contributed by atoms with Crippen molar-refractivity contribution in [3.05, 3.63) is 72.3 Å². The average Bonchev–Trinajstić information content (AvgIpc) is 2.81. The van der Waals surface area contributed by atoms with Crippen LogP contribution in [0.5, 0.6) is 23.0 Å². The first-order valence-corrected chi connectivity index (χ1v) is 10.3. The number of ether oxygens (including phenoxy) is 3. The zero-order valence-corrected chi connectivity index (χ0v) is 18.0. The van der Waals surface area contributed by atoms with Gasteiger partial charge in [-0.1, -0.05) is 36.9 Å². The van der Waals surface area contributed by atoms with Crippen molar-refractivity contribution in [3.63, 3.8) is 0 Å². The van der Waals surface area contributed by atoms with Gasteiger partial charge in [0.2, 0.25) is 6.29 Å². The lowest BCUT2D eigenvalue weighted by Crippen LogP contribution is -2.60. The molecule has 2 aromatic carbocycles. The molecule has 0 bridgehead atoms. The van der Waals surface area contributed by atoms with E-state index in [-0.39, 0.29) is 23.0 Å². The van der Waals surface area contributed by atoms with Gasteiger partial charge < -0.3 is 44.8 Å². The number of hydrogen-bond donors (Lipinski definition) is 6. The molecular weight excluding hydrogens is 432 g/mol. The van der Waals surface area contributed by atoms with E-state index in [0.717, 1.165) is 5.56 Å². The Hall–Kier alpha value is -3.08. The molecule has 6 atom stereocenters. The maximum atomic E-state index is 10.4. The van der Waals surface area contributed by atoms with Crippen LogP contribution in [0.25, 0.3) is 0 Å². The second kappa shape index (κ2) is 10.7. The molecule has 6 N–H and O–H groups in total. The Kier molecular flexibility index (Phi) is 7.96. The number of benzene rings is 2. The van der Waals surface area contributed by atoms with Crippen LogP contribution in [0.2, 0.25) is 0 Å². The molecule has 3 rings (SSSR count). The Morgan fingerprint density at radius 2 is 1.73 bits per heavy atom. The summed E-state index contributed by atoms with van der Waals surface area (Å²) in [5.74, 6) is -0.316. The first-order chi connectivity index (χ1) is 15.8. The normalized spacial score (nSPS) is 26.2. The lowest BCUT2D eigenvalue weighted by Gasteiger charge is -2.40. The number of aliphatic hydroxyl groups is 4. The smallest absolute Gasteiger partial charge is 0.229 e. The largest absolute Gasteiger partial charge is 0.508 e. The number of phenols is 2. The van der Waals surface area contributed by atoms with E-state index in [9.17, 15) is 30.6 Å². The summed E-state index contributed by atoms with van der Waals surface area (Å²) in [7, 11) is 1.37. The molecule has 1 unspecified atom stereocenters. The molecule has 1 fully saturated rings. The zero-order valence-electron chi connectivity index (χ0n) is 18.0. The van der Waals surface area contributed by atoms with Gasteiger partial charge in [0.05, 0.1) is 13.7 Å². The van der Waals surface area contributed by atoms with Crippen molar-refractivity contribution in [2.24, 2.45) is 0 Å². The van der Waals surface area contributed by atoms with Gasteiger partial charge in [-0.25, -0.2) is 0 Å². The molecule has 9 nitrogen and oxygen atoms in total. The minimum Gasteiger partial charge on any atom is -0.508 e. The maximum absolute atomic E-state index is 10.4. The molecule has 0 amide bonds. The van der Waals surface area contributed by atoms with E-state index in [1.165, 1.54) is 31.4 Å². The van der Waals surface area contributed by atoms with Gasteiger partial charge in [0.1, 0.15) is 35.9 Å². The second-order valence-electron chi connectivity index (χ2n) is 7.57. The van der Waals surface area contributed by atoms with Gasteiger partial charge in [-0.15, -0.1) is 0 Å². The predicted molar refractivity (Wildman–Crippen MR) is 118 cm³/mol. The third-order valence-electron chi connectivity index (χ3n) is 5.40. The molecule has 1 saturated heterocycles. The van der Waals surface area contributed by atoms with Gasteiger partial charge >= 0.3 is 0 Å². The first kappa shape index (κ1) is 24.6. The van der Waals surface area contributed by atoms with E-state index >= 15 is 0 Å². The molecule has 9 heteroatoms. The van der Waals surface area contributed by atoms with E-state index in [2.05, 4.69) is 6.58 Å². The number of hydrogen-bond acceptors (Lipinski definition) is 9. The van der Waals surface area contributed by atoms with Crippen molar-refractivity contribution in [3.8, 4) is 23.0 Å². The van der Waals surface area contributed by atoms with Crippen LogP contribution in [0.1, 0.15) is 17.0 Å². The fraction of sp³-hybridized carbons (Fsp3) is 0.333. The third kappa shape index (κ3) is 5.29. The summed E-state index contributed by atoms with van der Waals surface area (Å²) in [4.78, 5) is 0. The van der Waals surface area contributed by atoms with Crippen LogP contribution in [0.15, 0.2) is 61.2 Å². The number of methoxy groups -OCH3 is 1. The number of aromatic hydroxyl groups is 2. The Morgan fingerprint density at radius 1 is 1.03 bits per heavy atom. The molecule has 0 aliphatic carbocycles. The standard InChI is InChI=1S/C24H28O9/c1-3-4-5-16(13-6-8-14(26)9-7-13)17-10-15(27)11-18(31-2)23(17)33-24-22(30)21(29)20(28)19(12-25)32-24/h3-11,16,19-22,24-30H,1,12H2,2H3/b5-4+/t16?,19-,20-,21+,22-,24+/m1/s1. The van der Waals surface area contributed by atoms with Crippen molar-refractivity contribution in [1.29, 1.82) is 0 Å². The maximum Gasteiger partial charge on any atom is 0.229 e. The van der Waals surface area contributed by atoms with Crippen LogP contribution in [-0.4, -0.2) is 75.1 Å². The fourth-order valence-corrected chi connectivity index (χ4v) is 3.66. The van der Waals surface area contributed by atoms with Gasteiger partial charge in [0, 0.05) is 17.5 Å². The number of aliphatic hydroxyl groups excluding tert-OH is 4. The Labute approximate surface area is 191 Å². The van der Waals surface area contributed by atoms with Crippen LogP contribution in [-0.2, 0) is 4.74 Å². The monoisotopic (exact) mass is 460 g/mol. The SMILES string of the molecule is C=C/C=C/C(c1ccc(O)cc1)c1cc(O)cc(OC)c1O[C@@H]1O[C@H](CO)[C@@H](O)[C@H](O)[C@H]1O. The second-order valence-corrected chi connectivity index (χ2v) is 7.57. The van der Waals surface area contributed by atoms with Crippen molar-refractivity contribution in [2.45, 2.75) is 36.6 Å². The third-order valence-corrected chi connectivity index (χ3v) is 5.40. The van der Waals surface area contributed by atoms with Gasteiger partial charge in [0.15, 0.2) is 11.5 Å². The summed E-state index contributed by atoms with van der Waals surface area (Å²) in [6.45, 7) is 3.08. The highest BCUT2D eigenvalue weighted by molar-refractivity contribution is 5.56. The highest BCUT2D eigenvalue weighted by Gasteiger charge is 2.45. The Balaban J connectivity index is 2.10. The van der Waals surface area contributed by atoms with Crippen LogP contribution in [0.4, 0.5) is 0 Å². The molecular formula is C24H28O9. The lowest BCUT2D eigenvalue weighted by molar-refractivity contribution is -0.277. The van der Waals surface area contributed by atoms with E-state index in [1.807, 2.05) is 0 Å². The molecule has 0 aromatic heterocycles. The quantitative estimate of drug-likeness (QED) is 0.319. The molecule has 0 spiro atoms. The van der Waals surface area contributed by atoms with Crippen LogP contribution in [0.3, 0.4) is 0 Å². The lowest BCUT2D eigenvalue weighted by atomic mass is 9.89. The molecule has 0 radical (unpaired) electrons. The molecule has 1 aliphatic heterocycles. The van der Waals surface area contributed by atoms with Gasteiger partial charge in [-0.3, -0.25) is 0 Å². The van der Waals surface area contributed by atoms with Crippen LogP contribution in [0, 0.1) is 0 Å². The topological polar surface area (TPSA) is 149 Å². The summed E-state index contributed by atoms with van der Waals surface area (Å²) in [6.07, 6.45) is -2.35. The van der Waals surface area contributed by atoms with Crippen molar-refractivity contribution < 1.29 is 44.8 Å². The van der Waals surface area contributed by atoms with E-state index in [1.54, 1.807) is 30.4 Å². The zero-order chi connectivity index (χ0) is 24.1. The van der Waals surface area contributed by atoms with Gasteiger partial charge in [-0.05, 0) is 23.8 Å².